The summed E-state index contributed by atoms with van der Waals surface area (Å²) in [6.45, 7) is 4.43. The van der Waals surface area contributed by atoms with Gasteiger partial charge in [-0.05, 0) is 67.7 Å². The number of imide groups is 1. The fourth-order valence-electron chi connectivity index (χ4n) is 4.01. The average molecular weight is 508 g/mol. The summed E-state index contributed by atoms with van der Waals surface area (Å²) in [5.41, 5.74) is -3.32. The second-order valence-electron chi connectivity index (χ2n) is 8.45. The highest BCUT2D eigenvalue weighted by Crippen LogP contribution is 2.38. The van der Waals surface area contributed by atoms with Crippen LogP contribution in [0.15, 0.2) is 47.5 Å². The van der Waals surface area contributed by atoms with Gasteiger partial charge in [-0.3, -0.25) is 14.6 Å². The predicted molar refractivity (Wildman–Crippen MR) is 124 cm³/mol. The van der Waals surface area contributed by atoms with Crippen LogP contribution in [-0.2, 0) is 11.3 Å². The molecule has 2 saturated heterocycles. The molecule has 8 nitrogen and oxygen atoms in total. The van der Waals surface area contributed by atoms with Crippen molar-refractivity contribution in [2.75, 3.05) is 38.1 Å². The number of piperazine rings is 1. The summed E-state index contributed by atoms with van der Waals surface area (Å²) in [6, 6.07) is 7.02. The molecule has 2 aliphatic rings. The fourth-order valence-corrected chi connectivity index (χ4v) is 4.54. The molecule has 2 aliphatic heterocycles. The Hall–Kier alpha value is -3.12. The third-order valence-electron chi connectivity index (χ3n) is 6.00. The maximum absolute atomic E-state index is 13.1. The van der Waals surface area contributed by atoms with E-state index in [4.69, 9.17) is 0 Å². The van der Waals surface area contributed by atoms with Gasteiger partial charge in [0.2, 0.25) is 0 Å². The van der Waals surface area contributed by atoms with E-state index in [9.17, 15) is 27.6 Å². The number of thioether (sulfide) groups is 1. The van der Waals surface area contributed by atoms with Crippen molar-refractivity contribution < 1.29 is 27.6 Å². The van der Waals surface area contributed by atoms with Crippen LogP contribution >= 0.6 is 11.8 Å². The molecule has 1 aromatic heterocycles. The number of aromatic nitrogens is 1. The maximum atomic E-state index is 13.1. The number of alkyl halides is 3. The molecule has 0 N–H and O–H groups in total. The van der Waals surface area contributed by atoms with Gasteiger partial charge in [-0.15, -0.1) is 0 Å². The summed E-state index contributed by atoms with van der Waals surface area (Å²) in [5.74, 6) is -0.663. The van der Waals surface area contributed by atoms with E-state index >= 15 is 0 Å². The molecule has 35 heavy (non-hydrogen) atoms. The van der Waals surface area contributed by atoms with Crippen LogP contribution in [0.1, 0.15) is 23.0 Å². The highest BCUT2D eigenvalue weighted by molar-refractivity contribution is 8.00. The van der Waals surface area contributed by atoms with Crippen LogP contribution in [-0.4, -0.2) is 82.3 Å². The van der Waals surface area contributed by atoms with Gasteiger partial charge in [0.15, 0.2) is 0 Å². The molecule has 1 atom stereocenters. The van der Waals surface area contributed by atoms with Crippen LogP contribution < -0.4 is 4.90 Å². The third kappa shape index (κ3) is 5.59. The topological polar surface area (TPSA) is 77.1 Å². The van der Waals surface area contributed by atoms with Crippen molar-refractivity contribution in [2.45, 2.75) is 29.9 Å². The second kappa shape index (κ2) is 9.86. The quantitative estimate of drug-likeness (QED) is 0.456. The Labute approximate surface area is 204 Å². The number of hydrogen-bond donors (Lipinski definition) is 0. The summed E-state index contributed by atoms with van der Waals surface area (Å²) in [7, 11) is 2.00. The lowest BCUT2D eigenvalue weighted by Gasteiger charge is -2.32. The minimum atomic E-state index is -4.43. The molecule has 0 saturated carbocycles. The zero-order chi connectivity index (χ0) is 25.3. The first-order chi connectivity index (χ1) is 16.5. The molecule has 2 fully saturated rings. The van der Waals surface area contributed by atoms with Gasteiger partial charge in [-0.1, -0.05) is 0 Å². The van der Waals surface area contributed by atoms with E-state index in [-0.39, 0.29) is 40.5 Å². The fraction of sp³-hybridized carbons (Fsp3) is 0.391. The van der Waals surface area contributed by atoms with E-state index in [1.165, 1.54) is 35.4 Å². The standard InChI is InChI=1S/C23H24F3N5O3S/c1-15-20(32)31(17-3-5-18(6-4-17)35-23(24,25)26)22(34)30(15)14-16-7-8-27-19(13-16)21(33)29-11-9-28(2)10-12-29/h3-8,13,15H,9-12,14H2,1-2H3. The van der Waals surface area contributed by atoms with Gasteiger partial charge in [0.25, 0.3) is 11.8 Å². The Kier molecular flexibility index (Phi) is 7.04. The summed E-state index contributed by atoms with van der Waals surface area (Å²) >= 11 is -0.268. The molecule has 12 heteroatoms. The Balaban J connectivity index is 1.47. The Bertz CT molecular complexity index is 1120. The highest BCUT2D eigenvalue weighted by Gasteiger charge is 2.43. The summed E-state index contributed by atoms with van der Waals surface area (Å²) in [6.07, 6.45) is 1.50. The lowest BCUT2D eigenvalue weighted by Crippen LogP contribution is -2.47. The molecule has 1 unspecified atom stereocenters. The lowest BCUT2D eigenvalue weighted by molar-refractivity contribution is -0.119. The van der Waals surface area contributed by atoms with Gasteiger partial charge in [0.1, 0.15) is 11.7 Å². The molecule has 0 bridgehead atoms. The van der Waals surface area contributed by atoms with Crippen molar-refractivity contribution in [3.63, 3.8) is 0 Å². The van der Waals surface area contributed by atoms with Crippen molar-refractivity contribution in [3.05, 3.63) is 53.9 Å². The number of benzene rings is 1. The average Bonchev–Trinajstić information content (AvgIpc) is 3.02. The molecule has 4 amide bonds. The number of nitrogens with zero attached hydrogens (tertiary/aromatic N) is 5. The molecule has 2 aromatic rings. The number of urea groups is 1. The summed E-state index contributed by atoms with van der Waals surface area (Å²) < 4.78 is 37.8. The van der Waals surface area contributed by atoms with Gasteiger partial charge in [-0.2, -0.15) is 13.2 Å². The molecule has 3 heterocycles. The molecule has 0 radical (unpaired) electrons. The van der Waals surface area contributed by atoms with Crippen molar-refractivity contribution in [1.29, 1.82) is 0 Å². The largest absolute Gasteiger partial charge is 0.446 e. The monoisotopic (exact) mass is 507 g/mol. The lowest BCUT2D eigenvalue weighted by atomic mass is 10.1. The van der Waals surface area contributed by atoms with E-state index in [1.807, 2.05) is 7.05 Å². The number of carbonyl (C=O) groups is 3. The third-order valence-corrected chi connectivity index (χ3v) is 6.74. The van der Waals surface area contributed by atoms with Crippen LogP contribution in [0, 0.1) is 0 Å². The molecule has 0 spiro atoms. The van der Waals surface area contributed by atoms with Crippen LogP contribution in [0.25, 0.3) is 0 Å². The van der Waals surface area contributed by atoms with Gasteiger partial charge in [-0.25, -0.2) is 9.69 Å². The van der Waals surface area contributed by atoms with Crippen LogP contribution in [0.5, 0.6) is 0 Å². The maximum Gasteiger partial charge on any atom is 0.446 e. The molecular formula is C23H24F3N5O3S. The van der Waals surface area contributed by atoms with Crippen molar-refractivity contribution in [2.24, 2.45) is 0 Å². The Morgan fingerprint density at radius 2 is 1.74 bits per heavy atom. The first kappa shape index (κ1) is 25.0. The van der Waals surface area contributed by atoms with Crippen LogP contribution in [0.2, 0.25) is 0 Å². The number of carbonyl (C=O) groups excluding carboxylic acids is 3. The highest BCUT2D eigenvalue weighted by atomic mass is 32.2. The zero-order valence-electron chi connectivity index (χ0n) is 19.2. The Morgan fingerprint density at radius 3 is 2.37 bits per heavy atom. The van der Waals surface area contributed by atoms with Gasteiger partial charge >= 0.3 is 11.5 Å². The number of likely N-dealkylation sites (N-methyl/N-ethyl adjacent to an activating group) is 1. The normalized spacial score (nSPS) is 19.6. The first-order valence-electron chi connectivity index (χ1n) is 11.0. The van der Waals surface area contributed by atoms with Crippen LogP contribution in [0.4, 0.5) is 23.7 Å². The summed E-state index contributed by atoms with van der Waals surface area (Å²) in [4.78, 5) is 49.1. The van der Waals surface area contributed by atoms with Gasteiger partial charge in [0, 0.05) is 43.8 Å². The van der Waals surface area contributed by atoms with E-state index < -0.39 is 23.5 Å². The number of hydrogen-bond acceptors (Lipinski definition) is 6. The number of anilines is 1. The van der Waals surface area contributed by atoms with E-state index in [0.717, 1.165) is 18.0 Å². The minimum Gasteiger partial charge on any atom is -0.335 e. The van der Waals surface area contributed by atoms with Gasteiger partial charge in [0.05, 0.1) is 5.69 Å². The molecule has 1 aromatic carbocycles. The molecule has 186 valence electrons. The summed E-state index contributed by atoms with van der Waals surface area (Å²) in [5, 5.41) is 0. The predicted octanol–water partition coefficient (Wildman–Crippen LogP) is 3.44. The molecule has 4 rings (SSSR count). The number of pyridine rings is 1. The minimum absolute atomic E-state index is 0.0421. The SMILES string of the molecule is CC1C(=O)N(c2ccc(SC(F)(F)F)cc2)C(=O)N1Cc1ccnc(C(=O)N2CCN(C)CC2)c1. The van der Waals surface area contributed by atoms with Crippen molar-refractivity contribution in [1.82, 2.24) is 19.7 Å². The van der Waals surface area contributed by atoms with E-state index in [0.29, 0.717) is 18.7 Å². The van der Waals surface area contributed by atoms with Crippen molar-refractivity contribution >= 4 is 35.3 Å². The molecular weight excluding hydrogens is 483 g/mol. The second-order valence-corrected chi connectivity index (χ2v) is 9.59. The van der Waals surface area contributed by atoms with Gasteiger partial charge < -0.3 is 14.7 Å². The number of amides is 4. The van der Waals surface area contributed by atoms with E-state index in [1.54, 1.807) is 24.0 Å². The Morgan fingerprint density at radius 1 is 1.09 bits per heavy atom. The smallest absolute Gasteiger partial charge is 0.335 e. The zero-order valence-corrected chi connectivity index (χ0v) is 20.0. The van der Waals surface area contributed by atoms with Crippen LogP contribution in [0.3, 0.4) is 0 Å². The number of rotatable bonds is 5. The number of halogens is 3. The first-order valence-corrected chi connectivity index (χ1v) is 11.8. The molecule has 0 aliphatic carbocycles. The van der Waals surface area contributed by atoms with E-state index in [2.05, 4.69) is 9.88 Å². The van der Waals surface area contributed by atoms with Crippen molar-refractivity contribution in [3.8, 4) is 0 Å².